The van der Waals surface area contributed by atoms with E-state index in [0.29, 0.717) is 0 Å². The average Bonchev–Trinajstić information content (AvgIpc) is 3.27. The van der Waals surface area contributed by atoms with E-state index in [1.807, 2.05) is 48.1 Å². The Balaban J connectivity index is 1.80. The number of hydrogen-bond donors (Lipinski definition) is 2. The predicted molar refractivity (Wildman–Crippen MR) is 112 cm³/mol. The molecular weight excluding hydrogens is 350 g/mol. The van der Waals surface area contributed by atoms with Gasteiger partial charge in [-0.25, -0.2) is 4.68 Å². The summed E-state index contributed by atoms with van der Waals surface area (Å²) in [7, 11) is 0. The number of nitrogens with one attached hydrogen (secondary N) is 2. The molecule has 0 aliphatic carbocycles. The summed E-state index contributed by atoms with van der Waals surface area (Å²) >= 11 is 0. The molecule has 6 heteroatoms. The van der Waals surface area contributed by atoms with E-state index in [0.717, 1.165) is 44.8 Å². The topological polar surface area (TPSA) is 75.6 Å². The molecule has 0 unspecified atom stereocenters. The summed E-state index contributed by atoms with van der Waals surface area (Å²) in [6.07, 6.45) is 3.12. The lowest BCUT2D eigenvalue weighted by Crippen LogP contribution is -2.07. The van der Waals surface area contributed by atoms with Gasteiger partial charge in [0.2, 0.25) is 5.91 Å². The Morgan fingerprint density at radius 2 is 1.86 bits per heavy atom. The van der Waals surface area contributed by atoms with Crippen LogP contribution in [-0.4, -0.2) is 25.9 Å². The van der Waals surface area contributed by atoms with Crippen LogP contribution in [-0.2, 0) is 4.79 Å². The van der Waals surface area contributed by atoms with Crippen LogP contribution in [0.5, 0.6) is 0 Å². The van der Waals surface area contributed by atoms with E-state index in [-0.39, 0.29) is 5.91 Å². The van der Waals surface area contributed by atoms with Gasteiger partial charge in [-0.15, -0.1) is 0 Å². The van der Waals surface area contributed by atoms with Gasteiger partial charge in [0.25, 0.3) is 0 Å². The van der Waals surface area contributed by atoms with Crippen LogP contribution in [0.2, 0.25) is 0 Å². The minimum absolute atomic E-state index is 0.232. The minimum Gasteiger partial charge on any atom is -0.323 e. The van der Waals surface area contributed by atoms with Crippen LogP contribution in [0.1, 0.15) is 17.0 Å². The SMILES string of the molecule is C=CC(=O)Nc1ccc(-n2nc(C)c(-c3c(C)ccc4[nH]ncc34)c2C)cc1. The summed E-state index contributed by atoms with van der Waals surface area (Å²) in [5, 5.41) is 15.9. The number of anilines is 1. The molecule has 0 aliphatic heterocycles. The number of fused-ring (bicyclic) bond motifs is 1. The lowest BCUT2D eigenvalue weighted by molar-refractivity contribution is -0.111. The molecule has 28 heavy (non-hydrogen) atoms. The first-order chi connectivity index (χ1) is 13.5. The van der Waals surface area contributed by atoms with E-state index >= 15 is 0 Å². The summed E-state index contributed by atoms with van der Waals surface area (Å²) in [6, 6.07) is 11.7. The zero-order valence-electron chi connectivity index (χ0n) is 16.1. The Morgan fingerprint density at radius 3 is 2.57 bits per heavy atom. The Morgan fingerprint density at radius 1 is 1.11 bits per heavy atom. The van der Waals surface area contributed by atoms with Crippen LogP contribution in [0.3, 0.4) is 0 Å². The van der Waals surface area contributed by atoms with Gasteiger partial charge < -0.3 is 5.32 Å². The van der Waals surface area contributed by atoms with E-state index < -0.39 is 0 Å². The van der Waals surface area contributed by atoms with Gasteiger partial charge in [-0.1, -0.05) is 12.6 Å². The maximum absolute atomic E-state index is 11.5. The molecule has 0 atom stereocenters. The zero-order valence-corrected chi connectivity index (χ0v) is 16.1. The first-order valence-corrected chi connectivity index (χ1v) is 9.02. The van der Waals surface area contributed by atoms with Crippen LogP contribution in [0.15, 0.2) is 55.3 Å². The fourth-order valence-electron chi connectivity index (χ4n) is 3.59. The van der Waals surface area contributed by atoms with E-state index in [9.17, 15) is 4.79 Å². The van der Waals surface area contributed by atoms with E-state index in [2.05, 4.69) is 42.0 Å². The molecule has 0 radical (unpaired) electrons. The predicted octanol–water partition coefficient (Wildman–Crippen LogP) is 4.47. The van der Waals surface area contributed by atoms with Crippen LogP contribution < -0.4 is 5.32 Å². The monoisotopic (exact) mass is 371 g/mol. The Kier molecular flexibility index (Phi) is 4.31. The van der Waals surface area contributed by atoms with Crippen LogP contribution in [0, 0.1) is 20.8 Å². The summed E-state index contributed by atoms with van der Waals surface area (Å²) < 4.78 is 1.93. The maximum Gasteiger partial charge on any atom is 0.247 e. The summed E-state index contributed by atoms with van der Waals surface area (Å²) in [5.41, 5.74) is 8.12. The highest BCUT2D eigenvalue weighted by atomic mass is 16.1. The van der Waals surface area contributed by atoms with E-state index in [4.69, 9.17) is 5.10 Å². The fraction of sp³-hybridized carbons (Fsp3) is 0.136. The Labute approximate surface area is 162 Å². The Bertz CT molecular complexity index is 1200. The van der Waals surface area contributed by atoms with Gasteiger partial charge in [0.1, 0.15) is 0 Å². The van der Waals surface area contributed by atoms with Crippen molar-refractivity contribution in [1.29, 1.82) is 0 Å². The number of amides is 1. The molecule has 2 aromatic carbocycles. The van der Waals surface area contributed by atoms with Crippen LogP contribution >= 0.6 is 0 Å². The molecule has 0 saturated heterocycles. The number of aromatic amines is 1. The minimum atomic E-state index is -0.232. The molecule has 2 N–H and O–H groups in total. The molecule has 4 rings (SSSR count). The smallest absolute Gasteiger partial charge is 0.247 e. The van der Waals surface area contributed by atoms with E-state index in [1.165, 1.54) is 11.6 Å². The van der Waals surface area contributed by atoms with Gasteiger partial charge in [-0.05, 0) is 68.3 Å². The molecule has 0 aliphatic rings. The van der Waals surface area contributed by atoms with Gasteiger partial charge in [0.15, 0.2) is 0 Å². The molecule has 2 aromatic heterocycles. The van der Waals surface area contributed by atoms with Gasteiger partial charge in [0.05, 0.1) is 23.1 Å². The lowest BCUT2D eigenvalue weighted by atomic mass is 9.95. The number of benzene rings is 2. The number of carbonyl (C=O) groups is 1. The van der Waals surface area contributed by atoms with Gasteiger partial charge in [-0.3, -0.25) is 9.89 Å². The van der Waals surface area contributed by atoms with Crippen molar-refractivity contribution in [2.75, 3.05) is 5.32 Å². The molecule has 0 fully saturated rings. The summed E-state index contributed by atoms with van der Waals surface area (Å²) in [4.78, 5) is 11.5. The van der Waals surface area contributed by atoms with E-state index in [1.54, 1.807) is 0 Å². The molecule has 1 amide bonds. The standard InChI is InChI=1S/C22H21N5O/c1-5-20(28)24-16-7-9-17(10-8-16)27-15(4)22(14(3)26-27)21-13(2)6-11-19-18(21)12-23-25-19/h5-12H,1H2,2-4H3,(H,23,25)(H,24,28). The van der Waals surface area contributed by atoms with Crippen molar-refractivity contribution in [2.24, 2.45) is 0 Å². The molecule has 6 nitrogen and oxygen atoms in total. The fourth-order valence-corrected chi connectivity index (χ4v) is 3.59. The van der Waals surface area contributed by atoms with Gasteiger partial charge in [-0.2, -0.15) is 10.2 Å². The second-order valence-corrected chi connectivity index (χ2v) is 6.79. The maximum atomic E-state index is 11.5. The quantitative estimate of drug-likeness (QED) is 0.520. The lowest BCUT2D eigenvalue weighted by Gasteiger charge is -2.10. The van der Waals surface area contributed by atoms with Gasteiger partial charge >= 0.3 is 0 Å². The molecule has 2 heterocycles. The zero-order chi connectivity index (χ0) is 19.8. The first-order valence-electron chi connectivity index (χ1n) is 9.02. The average molecular weight is 371 g/mol. The molecule has 4 aromatic rings. The van der Waals surface area contributed by atoms with Crippen LogP contribution in [0.4, 0.5) is 5.69 Å². The van der Waals surface area contributed by atoms with Crippen molar-refractivity contribution in [3.8, 4) is 16.8 Å². The molecule has 0 saturated carbocycles. The van der Waals surface area contributed by atoms with Crippen molar-refractivity contribution in [3.05, 3.63) is 72.2 Å². The largest absolute Gasteiger partial charge is 0.323 e. The number of rotatable bonds is 4. The number of aromatic nitrogens is 4. The Hall–Kier alpha value is -3.67. The second-order valence-electron chi connectivity index (χ2n) is 6.79. The molecule has 140 valence electrons. The number of aryl methyl sites for hydroxylation is 2. The third kappa shape index (κ3) is 2.89. The number of hydrogen-bond acceptors (Lipinski definition) is 3. The highest BCUT2D eigenvalue weighted by Crippen LogP contribution is 2.36. The van der Waals surface area contributed by atoms with Crippen molar-refractivity contribution in [2.45, 2.75) is 20.8 Å². The number of H-pyrrole nitrogens is 1. The highest BCUT2D eigenvalue weighted by Gasteiger charge is 2.19. The normalized spacial score (nSPS) is 11.0. The second kappa shape index (κ2) is 6.81. The summed E-state index contributed by atoms with van der Waals surface area (Å²) in [5.74, 6) is -0.232. The van der Waals surface area contributed by atoms with Crippen LogP contribution in [0.25, 0.3) is 27.7 Å². The summed E-state index contributed by atoms with van der Waals surface area (Å²) in [6.45, 7) is 9.67. The number of nitrogens with zero attached hydrogens (tertiary/aromatic N) is 3. The first kappa shape index (κ1) is 17.7. The third-order valence-corrected chi connectivity index (χ3v) is 4.94. The number of carbonyl (C=O) groups excluding carboxylic acids is 1. The molecule has 0 bridgehead atoms. The van der Waals surface area contributed by atoms with Crippen molar-refractivity contribution >= 4 is 22.5 Å². The third-order valence-electron chi connectivity index (χ3n) is 4.94. The highest BCUT2D eigenvalue weighted by molar-refractivity contribution is 5.99. The van der Waals surface area contributed by atoms with Crippen molar-refractivity contribution in [1.82, 2.24) is 20.0 Å². The molecular formula is C22H21N5O. The van der Waals surface area contributed by atoms with Crippen molar-refractivity contribution < 1.29 is 4.79 Å². The molecule has 0 spiro atoms. The van der Waals surface area contributed by atoms with Gasteiger partial charge in [0, 0.05) is 22.3 Å². The van der Waals surface area contributed by atoms with Crippen molar-refractivity contribution in [3.63, 3.8) is 0 Å².